The highest BCUT2D eigenvalue weighted by molar-refractivity contribution is 5.70. The molecule has 0 aliphatic rings. The maximum Gasteiger partial charge on any atom is 0.280 e. The predicted octanol–water partition coefficient (Wildman–Crippen LogP) is -0.630. The molecule has 0 aliphatic heterocycles. The molecule has 2 atom stereocenters. The Morgan fingerprint density at radius 3 is 2.89 bits per heavy atom. The maximum atomic E-state index is 13.4. The van der Waals surface area contributed by atoms with Gasteiger partial charge in [-0.3, -0.25) is 9.78 Å². The first-order chi connectivity index (χ1) is 8.52. The van der Waals surface area contributed by atoms with Crippen LogP contribution < -0.4 is 11.3 Å². The number of aliphatic hydroxyl groups is 1. The largest absolute Gasteiger partial charge is 0.393 e. The average Bonchev–Trinajstić information content (AvgIpc) is 2.71. The number of imidazole rings is 1. The third-order valence-corrected chi connectivity index (χ3v) is 2.43. The number of H-pyrrole nitrogens is 1. The van der Waals surface area contributed by atoms with Crippen LogP contribution in [0.5, 0.6) is 0 Å². The van der Waals surface area contributed by atoms with Crippen LogP contribution in [-0.2, 0) is 6.54 Å². The summed E-state index contributed by atoms with van der Waals surface area (Å²) < 4.78 is 27.4. The van der Waals surface area contributed by atoms with Crippen molar-refractivity contribution in [3.8, 4) is 0 Å². The van der Waals surface area contributed by atoms with Crippen molar-refractivity contribution in [1.29, 1.82) is 0 Å². The van der Waals surface area contributed by atoms with Crippen LogP contribution >= 0.6 is 0 Å². The highest BCUT2D eigenvalue weighted by Crippen LogP contribution is 2.11. The van der Waals surface area contributed by atoms with Crippen molar-refractivity contribution in [2.24, 2.45) is 0 Å². The van der Waals surface area contributed by atoms with E-state index in [1.54, 1.807) is 0 Å². The van der Waals surface area contributed by atoms with E-state index in [4.69, 9.17) is 10.8 Å². The van der Waals surface area contributed by atoms with E-state index < -0.39 is 31.1 Å². The molecule has 0 bridgehead atoms. The standard InChI is InChI=1S/C9H11F2N5O2/c10-4(5(11)2-17)1-16-3-13-6-7(16)14-9(12)15-8(6)18/h3-5,17H,1-2H2,(H3,12,14,15,18)/t4-,5+/m0/s1. The number of alkyl halides is 2. The zero-order chi connectivity index (χ0) is 13.3. The number of aromatic nitrogens is 4. The number of hydrogen-bond acceptors (Lipinski definition) is 5. The normalized spacial score (nSPS) is 14.8. The molecule has 0 radical (unpaired) electrons. The lowest BCUT2D eigenvalue weighted by atomic mass is 10.2. The quantitative estimate of drug-likeness (QED) is 0.677. The first-order valence-corrected chi connectivity index (χ1v) is 5.12. The predicted molar refractivity (Wildman–Crippen MR) is 59.4 cm³/mol. The Hall–Kier alpha value is -2.03. The van der Waals surface area contributed by atoms with E-state index in [9.17, 15) is 13.6 Å². The fraction of sp³-hybridized carbons (Fsp3) is 0.444. The molecule has 4 N–H and O–H groups in total. The Labute approximate surface area is 99.3 Å². The van der Waals surface area contributed by atoms with Crippen LogP contribution in [0.15, 0.2) is 11.1 Å². The molecule has 0 spiro atoms. The van der Waals surface area contributed by atoms with Crippen LogP contribution in [0, 0.1) is 0 Å². The Bertz CT molecular complexity index is 611. The molecule has 7 nitrogen and oxygen atoms in total. The van der Waals surface area contributed by atoms with Crippen molar-refractivity contribution in [2.45, 2.75) is 18.9 Å². The summed E-state index contributed by atoms with van der Waals surface area (Å²) in [5.41, 5.74) is 4.87. The molecule has 0 aliphatic carbocycles. The number of halogens is 2. The van der Waals surface area contributed by atoms with Crippen molar-refractivity contribution < 1.29 is 13.9 Å². The Morgan fingerprint density at radius 1 is 1.50 bits per heavy atom. The highest BCUT2D eigenvalue weighted by atomic mass is 19.2. The number of fused-ring (bicyclic) bond motifs is 1. The number of nitrogens with zero attached hydrogens (tertiary/aromatic N) is 3. The minimum atomic E-state index is -2.00. The first-order valence-electron chi connectivity index (χ1n) is 5.12. The van der Waals surface area contributed by atoms with Crippen molar-refractivity contribution in [1.82, 2.24) is 19.5 Å². The Morgan fingerprint density at radius 2 is 2.22 bits per heavy atom. The molecule has 0 aromatic carbocycles. The van der Waals surface area contributed by atoms with Gasteiger partial charge in [0.1, 0.15) is 0 Å². The van der Waals surface area contributed by atoms with Gasteiger partial charge in [0, 0.05) is 0 Å². The summed E-state index contributed by atoms with van der Waals surface area (Å²) in [5.74, 6) is -0.136. The smallest absolute Gasteiger partial charge is 0.280 e. The number of aromatic amines is 1. The van der Waals surface area contributed by atoms with Crippen LogP contribution in [0.3, 0.4) is 0 Å². The van der Waals surface area contributed by atoms with E-state index in [-0.39, 0.29) is 17.1 Å². The molecule has 0 saturated heterocycles. The van der Waals surface area contributed by atoms with Crippen LogP contribution in [-0.4, -0.2) is 43.6 Å². The van der Waals surface area contributed by atoms with Gasteiger partial charge >= 0.3 is 0 Å². The molecular weight excluding hydrogens is 248 g/mol. The number of hydrogen-bond donors (Lipinski definition) is 3. The van der Waals surface area contributed by atoms with Gasteiger partial charge in [0.15, 0.2) is 23.5 Å². The summed E-state index contributed by atoms with van der Waals surface area (Å²) in [6.45, 7) is -1.32. The number of rotatable bonds is 4. The monoisotopic (exact) mass is 259 g/mol. The molecule has 0 amide bonds. The second-order valence-corrected chi connectivity index (χ2v) is 3.73. The van der Waals surface area contributed by atoms with E-state index in [1.807, 2.05) is 0 Å². The van der Waals surface area contributed by atoms with E-state index in [0.29, 0.717) is 0 Å². The highest BCUT2D eigenvalue weighted by Gasteiger charge is 2.21. The molecule has 2 rings (SSSR count). The van der Waals surface area contributed by atoms with Gasteiger partial charge in [-0.05, 0) is 0 Å². The molecule has 0 fully saturated rings. The van der Waals surface area contributed by atoms with Gasteiger partial charge in [-0.15, -0.1) is 0 Å². The summed E-state index contributed by atoms with van der Waals surface area (Å²) >= 11 is 0. The number of nitrogen functional groups attached to an aromatic ring is 1. The van der Waals surface area contributed by atoms with Crippen molar-refractivity contribution in [2.75, 3.05) is 12.3 Å². The van der Waals surface area contributed by atoms with Crippen LogP contribution in [0.25, 0.3) is 11.2 Å². The molecule has 0 unspecified atom stereocenters. The SMILES string of the molecule is Nc1nc2c(ncn2C[C@H](F)[C@H](F)CO)c(=O)[nH]1. The van der Waals surface area contributed by atoms with E-state index in [0.717, 1.165) is 0 Å². The maximum absolute atomic E-state index is 13.4. The Balaban J connectivity index is 2.38. The van der Waals surface area contributed by atoms with Gasteiger partial charge in [-0.2, -0.15) is 4.98 Å². The number of nitrogens with two attached hydrogens (primary N) is 1. The fourth-order valence-electron chi connectivity index (χ4n) is 1.52. The second-order valence-electron chi connectivity index (χ2n) is 3.73. The van der Waals surface area contributed by atoms with E-state index >= 15 is 0 Å². The summed E-state index contributed by atoms with van der Waals surface area (Å²) in [5, 5.41) is 8.50. The van der Waals surface area contributed by atoms with Gasteiger partial charge in [-0.25, -0.2) is 13.8 Å². The molecule has 2 heterocycles. The zero-order valence-electron chi connectivity index (χ0n) is 9.18. The lowest BCUT2D eigenvalue weighted by Crippen LogP contribution is -2.26. The number of anilines is 1. The Kier molecular flexibility index (Phi) is 3.24. The molecule has 18 heavy (non-hydrogen) atoms. The summed E-state index contributed by atoms with van der Waals surface area (Å²) in [7, 11) is 0. The summed E-state index contributed by atoms with van der Waals surface area (Å²) in [6.07, 6.45) is -2.75. The molecule has 0 saturated carbocycles. The molecule has 98 valence electrons. The van der Waals surface area contributed by atoms with Crippen LogP contribution in [0.1, 0.15) is 0 Å². The van der Waals surface area contributed by atoms with Gasteiger partial charge < -0.3 is 15.4 Å². The van der Waals surface area contributed by atoms with Crippen LogP contribution in [0.4, 0.5) is 14.7 Å². The minimum Gasteiger partial charge on any atom is -0.393 e. The summed E-state index contributed by atoms with van der Waals surface area (Å²) in [6, 6.07) is 0. The van der Waals surface area contributed by atoms with Gasteiger partial charge in [0.25, 0.3) is 5.56 Å². The van der Waals surface area contributed by atoms with Gasteiger partial charge in [-0.1, -0.05) is 0 Å². The van der Waals surface area contributed by atoms with Gasteiger partial charge in [0.05, 0.1) is 19.5 Å². The fourth-order valence-corrected chi connectivity index (χ4v) is 1.52. The van der Waals surface area contributed by atoms with Crippen LogP contribution in [0.2, 0.25) is 0 Å². The summed E-state index contributed by atoms with van der Waals surface area (Å²) in [4.78, 5) is 21.2. The average molecular weight is 259 g/mol. The zero-order valence-corrected chi connectivity index (χ0v) is 9.18. The molecule has 9 heteroatoms. The molecular formula is C9H11F2N5O2. The molecule has 2 aromatic heterocycles. The van der Waals surface area contributed by atoms with Crippen molar-refractivity contribution in [3.63, 3.8) is 0 Å². The second kappa shape index (κ2) is 4.69. The first kappa shape index (κ1) is 12.4. The van der Waals surface area contributed by atoms with E-state index in [1.165, 1.54) is 10.9 Å². The lowest BCUT2D eigenvalue weighted by Gasteiger charge is -2.11. The molecule has 2 aromatic rings. The lowest BCUT2D eigenvalue weighted by molar-refractivity contribution is 0.0884. The third-order valence-electron chi connectivity index (χ3n) is 2.43. The topological polar surface area (TPSA) is 110 Å². The van der Waals surface area contributed by atoms with Crippen molar-refractivity contribution in [3.05, 3.63) is 16.7 Å². The van der Waals surface area contributed by atoms with E-state index in [2.05, 4.69) is 15.0 Å². The van der Waals surface area contributed by atoms with Gasteiger partial charge in [0.2, 0.25) is 5.95 Å². The van der Waals surface area contributed by atoms with Crippen molar-refractivity contribution >= 4 is 17.1 Å². The minimum absolute atomic E-state index is 0.00388. The third kappa shape index (κ3) is 2.16. The number of nitrogens with one attached hydrogen (secondary N) is 1. The number of aliphatic hydroxyl groups excluding tert-OH is 1.